The molecule has 2 aliphatic heterocycles. The summed E-state index contributed by atoms with van der Waals surface area (Å²) in [4.78, 5) is 2.57. The second kappa shape index (κ2) is 3.19. The van der Waals surface area contributed by atoms with Crippen molar-refractivity contribution in [2.45, 2.75) is 6.42 Å². The minimum atomic E-state index is 1.03. The fraction of sp³-hybridized carbons (Fsp3) is 0.231. The van der Waals surface area contributed by atoms with Gasteiger partial charge in [-0.05, 0) is 12.1 Å². The first kappa shape index (κ1) is 9.13. The average molecular weight is 200 g/mol. The molecule has 3 rings (SSSR count). The lowest BCUT2D eigenvalue weighted by Crippen LogP contribution is -3.13. The van der Waals surface area contributed by atoms with Gasteiger partial charge < -0.3 is 9.80 Å². The molecule has 2 heterocycles. The molecule has 0 saturated heterocycles. The van der Waals surface area contributed by atoms with Crippen LogP contribution in [-0.4, -0.2) is 13.1 Å². The number of nitrogens with one attached hydrogen (secondary N) is 2. The quantitative estimate of drug-likeness (QED) is 0.537. The maximum absolute atomic E-state index is 4.22. The van der Waals surface area contributed by atoms with Gasteiger partial charge in [0.2, 0.25) is 0 Å². The van der Waals surface area contributed by atoms with Crippen LogP contribution in [0.3, 0.4) is 0 Å². The molecular formula is C13H16N2. The number of hydrogen-bond acceptors (Lipinski definition) is 0. The smallest absolute Gasteiger partial charge is 0.143 e. The van der Waals surface area contributed by atoms with E-state index in [4.69, 9.17) is 0 Å². The zero-order valence-corrected chi connectivity index (χ0v) is 8.84. The number of hydrogen-bond donors (Lipinski definition) is 2. The summed E-state index contributed by atoms with van der Waals surface area (Å²) >= 11 is 0. The maximum Gasteiger partial charge on any atom is 0.143 e. The van der Waals surface area contributed by atoms with Gasteiger partial charge in [0.25, 0.3) is 0 Å². The molecule has 0 aromatic heterocycles. The zero-order chi connectivity index (χ0) is 10.4. The van der Waals surface area contributed by atoms with Gasteiger partial charge in [-0.3, -0.25) is 0 Å². The van der Waals surface area contributed by atoms with Crippen molar-refractivity contribution in [2.75, 3.05) is 13.1 Å². The first-order chi connectivity index (χ1) is 7.27. The Balaban J connectivity index is 2.11. The summed E-state index contributed by atoms with van der Waals surface area (Å²) in [5, 5.41) is 0. The summed E-state index contributed by atoms with van der Waals surface area (Å²) in [6, 6.07) is 8.61. The summed E-state index contributed by atoms with van der Waals surface area (Å²) in [5.74, 6) is 0. The highest BCUT2D eigenvalue weighted by Gasteiger charge is 2.32. The lowest BCUT2D eigenvalue weighted by molar-refractivity contribution is -0.872. The van der Waals surface area contributed by atoms with E-state index < -0.39 is 0 Å². The average Bonchev–Trinajstić information content (AvgIpc) is 2.54. The van der Waals surface area contributed by atoms with Crippen LogP contribution in [0.1, 0.15) is 12.0 Å². The molecule has 0 aliphatic carbocycles. The van der Waals surface area contributed by atoms with Crippen LogP contribution in [0.2, 0.25) is 0 Å². The SMILES string of the molecule is [CH2-][NH+]1CCC2=C(C1)[NH+]([CH2-])c1ccccc12. The summed E-state index contributed by atoms with van der Waals surface area (Å²) < 4.78 is 0. The molecule has 78 valence electrons. The highest BCUT2D eigenvalue weighted by molar-refractivity contribution is 5.78. The molecule has 2 atom stereocenters. The Morgan fingerprint density at radius 2 is 1.93 bits per heavy atom. The van der Waals surface area contributed by atoms with E-state index in [9.17, 15) is 0 Å². The number of para-hydroxylation sites is 1. The van der Waals surface area contributed by atoms with E-state index in [1.807, 2.05) is 0 Å². The van der Waals surface area contributed by atoms with Gasteiger partial charge in [0.15, 0.2) is 0 Å². The largest absolute Gasteiger partial charge is 0.459 e. The van der Waals surface area contributed by atoms with E-state index in [2.05, 4.69) is 38.4 Å². The van der Waals surface area contributed by atoms with Gasteiger partial charge in [-0.2, -0.15) is 7.05 Å². The van der Waals surface area contributed by atoms with Crippen LogP contribution in [0.5, 0.6) is 0 Å². The van der Waals surface area contributed by atoms with Crippen LogP contribution in [0.25, 0.3) is 5.57 Å². The molecule has 0 saturated carbocycles. The normalized spacial score (nSPS) is 28.9. The van der Waals surface area contributed by atoms with Gasteiger partial charge in [-0.15, -0.1) is 7.05 Å². The van der Waals surface area contributed by atoms with E-state index >= 15 is 0 Å². The van der Waals surface area contributed by atoms with Crippen molar-refractivity contribution < 1.29 is 9.80 Å². The number of rotatable bonds is 0. The third-order valence-electron chi connectivity index (χ3n) is 3.46. The summed E-state index contributed by atoms with van der Waals surface area (Å²) in [7, 11) is 8.31. The fourth-order valence-corrected chi connectivity index (χ4v) is 2.66. The molecule has 15 heavy (non-hydrogen) atoms. The van der Waals surface area contributed by atoms with E-state index in [-0.39, 0.29) is 0 Å². The zero-order valence-electron chi connectivity index (χ0n) is 8.84. The highest BCUT2D eigenvalue weighted by Crippen LogP contribution is 2.31. The summed E-state index contributed by atoms with van der Waals surface area (Å²) in [6.45, 7) is 2.17. The molecule has 2 heteroatoms. The van der Waals surface area contributed by atoms with Gasteiger partial charge in [-0.1, -0.05) is 12.1 Å². The third-order valence-corrected chi connectivity index (χ3v) is 3.46. The Morgan fingerprint density at radius 3 is 2.80 bits per heavy atom. The van der Waals surface area contributed by atoms with Gasteiger partial charge in [0, 0.05) is 17.6 Å². The van der Waals surface area contributed by atoms with Gasteiger partial charge in [-0.25, -0.2) is 0 Å². The fourth-order valence-electron chi connectivity index (χ4n) is 2.66. The van der Waals surface area contributed by atoms with Crippen molar-refractivity contribution in [2.24, 2.45) is 0 Å². The minimum Gasteiger partial charge on any atom is -0.459 e. The monoisotopic (exact) mass is 200 g/mol. The molecule has 2 unspecified atom stereocenters. The molecule has 0 fully saturated rings. The topological polar surface area (TPSA) is 8.88 Å². The number of benzene rings is 1. The van der Waals surface area contributed by atoms with Gasteiger partial charge >= 0.3 is 0 Å². The van der Waals surface area contributed by atoms with Crippen LogP contribution >= 0.6 is 0 Å². The van der Waals surface area contributed by atoms with Crippen LogP contribution in [0.15, 0.2) is 30.0 Å². The van der Waals surface area contributed by atoms with Crippen molar-refractivity contribution >= 4 is 11.3 Å². The second-order valence-electron chi connectivity index (χ2n) is 4.41. The van der Waals surface area contributed by atoms with Crippen molar-refractivity contribution in [3.05, 3.63) is 49.6 Å². The Bertz CT molecular complexity index is 434. The predicted octanol–water partition coefficient (Wildman–Crippen LogP) is -0.201. The first-order valence-corrected chi connectivity index (χ1v) is 5.45. The molecule has 0 spiro atoms. The maximum atomic E-state index is 4.22. The van der Waals surface area contributed by atoms with Crippen molar-refractivity contribution in [1.29, 1.82) is 0 Å². The minimum absolute atomic E-state index is 1.03. The molecule has 2 aliphatic rings. The molecule has 2 nitrogen and oxygen atoms in total. The van der Waals surface area contributed by atoms with Crippen LogP contribution in [0, 0.1) is 14.1 Å². The predicted molar refractivity (Wildman–Crippen MR) is 60.0 cm³/mol. The van der Waals surface area contributed by atoms with Crippen molar-refractivity contribution in [3.8, 4) is 0 Å². The number of quaternary nitrogens is 2. The number of fused-ring (bicyclic) bond motifs is 2. The molecule has 0 bridgehead atoms. The third kappa shape index (κ3) is 1.25. The summed E-state index contributed by atoms with van der Waals surface area (Å²) in [5.41, 5.74) is 5.69. The standard InChI is InChI=1S/C13H16N2/c1-14-8-7-11-10-5-3-4-6-12(10)15(2)13(11)9-14/h3-6,14-15H,1-2,7-9H2. The van der Waals surface area contributed by atoms with Crippen LogP contribution < -0.4 is 9.80 Å². The molecule has 0 radical (unpaired) electrons. The molecular weight excluding hydrogens is 184 g/mol. The summed E-state index contributed by atoms with van der Waals surface area (Å²) in [6.07, 6.45) is 1.14. The van der Waals surface area contributed by atoms with Crippen LogP contribution in [0.4, 0.5) is 5.69 Å². The van der Waals surface area contributed by atoms with E-state index in [0.29, 0.717) is 0 Å². The lowest BCUT2D eigenvalue weighted by atomic mass is 10.00. The van der Waals surface area contributed by atoms with Gasteiger partial charge in [0.05, 0.1) is 6.54 Å². The molecule has 1 aromatic rings. The Labute approximate surface area is 90.8 Å². The van der Waals surface area contributed by atoms with Gasteiger partial charge in [0.1, 0.15) is 17.9 Å². The Morgan fingerprint density at radius 1 is 1.13 bits per heavy atom. The van der Waals surface area contributed by atoms with E-state index in [1.54, 1.807) is 0 Å². The molecule has 2 N–H and O–H groups in total. The highest BCUT2D eigenvalue weighted by atomic mass is 15.2. The molecule has 0 amide bonds. The van der Waals surface area contributed by atoms with E-state index in [0.717, 1.165) is 19.5 Å². The molecule has 1 aromatic carbocycles. The van der Waals surface area contributed by atoms with E-state index in [1.165, 1.54) is 32.3 Å². The van der Waals surface area contributed by atoms with Crippen LogP contribution in [-0.2, 0) is 0 Å². The first-order valence-electron chi connectivity index (χ1n) is 5.45. The van der Waals surface area contributed by atoms with Crippen molar-refractivity contribution in [3.63, 3.8) is 0 Å². The Kier molecular flexibility index (Phi) is 1.94. The second-order valence-corrected chi connectivity index (χ2v) is 4.41. The lowest BCUT2D eigenvalue weighted by Gasteiger charge is -2.28. The Hall–Kier alpha value is -1.12. The van der Waals surface area contributed by atoms with Crippen molar-refractivity contribution in [1.82, 2.24) is 0 Å².